The van der Waals surface area contributed by atoms with Crippen molar-refractivity contribution in [3.8, 4) is 0 Å². The van der Waals surface area contributed by atoms with Crippen LogP contribution in [0.2, 0.25) is 0 Å². The second-order valence-corrected chi connectivity index (χ2v) is 6.66. The summed E-state index contributed by atoms with van der Waals surface area (Å²) in [6.07, 6.45) is -2.28. The molecule has 1 heterocycles. The number of carbonyl (C=O) groups is 3. The first-order chi connectivity index (χ1) is 12.5. The van der Waals surface area contributed by atoms with Crippen molar-refractivity contribution < 1.29 is 46.7 Å². The number of nitrogens with one attached hydrogen (secondary N) is 1. The number of rotatable bonds is 8. The maximum absolute atomic E-state index is 11.7. The SMILES string of the molecule is CCS(=O)CCNC(=O)c1cc[n+](CCC(=O)O)nc1.O=C([O-])C(F)(F)F. The zero-order chi connectivity index (χ0) is 21.0. The van der Waals surface area contributed by atoms with E-state index < -0.39 is 28.9 Å². The summed E-state index contributed by atoms with van der Waals surface area (Å²) in [7, 11) is -0.901. The van der Waals surface area contributed by atoms with E-state index in [4.69, 9.17) is 15.0 Å². The molecule has 1 unspecified atom stereocenters. The van der Waals surface area contributed by atoms with E-state index in [2.05, 4.69) is 10.4 Å². The van der Waals surface area contributed by atoms with Crippen molar-refractivity contribution in [2.24, 2.45) is 0 Å². The molecule has 27 heavy (non-hydrogen) atoms. The largest absolute Gasteiger partial charge is 0.542 e. The summed E-state index contributed by atoms with van der Waals surface area (Å²) in [5.41, 5.74) is 0.388. The molecule has 152 valence electrons. The summed E-state index contributed by atoms with van der Waals surface area (Å²) in [4.78, 5) is 30.9. The topological polar surface area (TPSA) is 140 Å². The van der Waals surface area contributed by atoms with Gasteiger partial charge in [0.05, 0.1) is 5.56 Å². The number of aryl methyl sites for hydroxylation is 1. The Bertz CT molecular complexity index is 667. The van der Waals surface area contributed by atoms with Crippen LogP contribution in [0.1, 0.15) is 23.7 Å². The van der Waals surface area contributed by atoms with Gasteiger partial charge in [-0.1, -0.05) is 11.6 Å². The van der Waals surface area contributed by atoms with Crippen molar-refractivity contribution in [1.82, 2.24) is 10.4 Å². The van der Waals surface area contributed by atoms with Crippen LogP contribution in [0, 0.1) is 0 Å². The Morgan fingerprint density at radius 3 is 2.37 bits per heavy atom. The summed E-state index contributed by atoms with van der Waals surface area (Å²) < 4.78 is 44.2. The first-order valence-electron chi connectivity index (χ1n) is 7.46. The number of hydrogen-bond acceptors (Lipinski definition) is 6. The average Bonchev–Trinajstić information content (AvgIpc) is 2.59. The van der Waals surface area contributed by atoms with Gasteiger partial charge < -0.3 is 20.3 Å². The molecule has 1 aromatic heterocycles. The second-order valence-electron chi connectivity index (χ2n) is 4.80. The van der Waals surface area contributed by atoms with Gasteiger partial charge in [-0.2, -0.15) is 13.2 Å². The predicted molar refractivity (Wildman–Crippen MR) is 83.6 cm³/mol. The fraction of sp³-hybridized carbons (Fsp3) is 0.500. The first-order valence-corrected chi connectivity index (χ1v) is 8.95. The monoisotopic (exact) mass is 413 g/mol. The Morgan fingerprint density at radius 2 is 1.96 bits per heavy atom. The molecule has 0 fully saturated rings. The zero-order valence-corrected chi connectivity index (χ0v) is 15.0. The number of carboxylic acids is 2. The third-order valence-corrected chi connectivity index (χ3v) is 4.06. The van der Waals surface area contributed by atoms with E-state index in [1.54, 1.807) is 12.3 Å². The first kappa shape index (κ1) is 24.4. The number of aliphatic carboxylic acids is 2. The maximum Gasteiger partial charge on any atom is 0.430 e. The van der Waals surface area contributed by atoms with Gasteiger partial charge in [0, 0.05) is 34.9 Å². The molecule has 0 radical (unpaired) electrons. The molecular weight excluding hydrogens is 395 g/mol. The molecule has 0 aliphatic heterocycles. The Kier molecular flexibility index (Phi) is 10.8. The van der Waals surface area contributed by atoms with Crippen LogP contribution in [0.15, 0.2) is 18.5 Å². The van der Waals surface area contributed by atoms with E-state index in [1.165, 1.54) is 10.9 Å². The van der Waals surface area contributed by atoms with Gasteiger partial charge in [0.15, 0.2) is 12.7 Å². The number of carbonyl (C=O) groups excluding carboxylic acids is 2. The van der Waals surface area contributed by atoms with Gasteiger partial charge in [-0.25, -0.2) is 0 Å². The molecule has 0 aliphatic rings. The fourth-order valence-electron chi connectivity index (χ4n) is 1.39. The summed E-state index contributed by atoms with van der Waals surface area (Å²) in [5, 5.41) is 24.0. The van der Waals surface area contributed by atoms with Gasteiger partial charge in [0.1, 0.15) is 18.6 Å². The number of hydrogen-bond donors (Lipinski definition) is 2. The predicted octanol–water partition coefficient (Wildman–Crippen LogP) is -1.36. The molecule has 1 rings (SSSR count). The Labute approximate surface area is 154 Å². The summed E-state index contributed by atoms with van der Waals surface area (Å²) in [6, 6.07) is 1.57. The van der Waals surface area contributed by atoms with Crippen molar-refractivity contribution >= 4 is 28.6 Å². The van der Waals surface area contributed by atoms with Crippen LogP contribution < -0.4 is 15.1 Å². The van der Waals surface area contributed by atoms with E-state index in [-0.39, 0.29) is 18.9 Å². The average molecular weight is 413 g/mol. The molecule has 9 nitrogen and oxygen atoms in total. The highest BCUT2D eigenvalue weighted by molar-refractivity contribution is 7.84. The molecule has 0 aromatic carbocycles. The van der Waals surface area contributed by atoms with Gasteiger partial charge in [0.2, 0.25) is 0 Å². The van der Waals surface area contributed by atoms with Crippen molar-refractivity contribution in [3.63, 3.8) is 0 Å². The lowest BCUT2D eigenvalue weighted by Gasteiger charge is -2.03. The molecule has 1 atom stereocenters. The number of nitrogens with zero attached hydrogens (tertiary/aromatic N) is 2. The molecular formula is C14H18F3N3O6S. The van der Waals surface area contributed by atoms with Crippen LogP contribution in [-0.4, -0.2) is 56.5 Å². The fourth-order valence-corrected chi connectivity index (χ4v) is 2.00. The number of aromatic nitrogens is 2. The molecule has 1 aromatic rings. The Morgan fingerprint density at radius 1 is 1.37 bits per heavy atom. The highest BCUT2D eigenvalue weighted by Crippen LogP contribution is 2.11. The van der Waals surface area contributed by atoms with Crippen LogP contribution in [0.3, 0.4) is 0 Å². The lowest BCUT2D eigenvalue weighted by Crippen LogP contribution is -2.39. The van der Waals surface area contributed by atoms with Crippen molar-refractivity contribution in [3.05, 3.63) is 24.0 Å². The molecule has 0 saturated heterocycles. The molecule has 2 N–H and O–H groups in total. The lowest BCUT2D eigenvalue weighted by molar-refractivity contribution is -0.753. The second kappa shape index (κ2) is 11.9. The van der Waals surface area contributed by atoms with Crippen LogP contribution >= 0.6 is 0 Å². The number of halogens is 3. The molecule has 0 aliphatic carbocycles. The Balaban J connectivity index is 0.000000821. The summed E-state index contributed by atoms with van der Waals surface area (Å²) in [6.45, 7) is 2.44. The van der Waals surface area contributed by atoms with E-state index in [0.717, 1.165) is 0 Å². The minimum atomic E-state index is -5.19. The molecule has 13 heteroatoms. The van der Waals surface area contributed by atoms with Crippen LogP contribution in [-0.2, 0) is 26.9 Å². The van der Waals surface area contributed by atoms with Gasteiger partial charge in [0.25, 0.3) is 5.91 Å². The van der Waals surface area contributed by atoms with Crippen LogP contribution in [0.25, 0.3) is 0 Å². The standard InChI is InChI=1S/C12H17N3O4S.C2HF3O2/c1-2-20(19)8-5-13-12(18)10-3-6-15(14-9-10)7-4-11(16)17;3-2(4,5)1(6)7/h3,6,9H,2,4-5,7-8H2,1H3,(H-,13,16,17,18);(H,6,7). The maximum atomic E-state index is 11.7. The van der Waals surface area contributed by atoms with Gasteiger partial charge in [-0.3, -0.25) is 13.8 Å². The smallest absolute Gasteiger partial charge is 0.430 e. The highest BCUT2D eigenvalue weighted by Gasteiger charge is 2.28. The van der Waals surface area contributed by atoms with E-state index >= 15 is 0 Å². The minimum Gasteiger partial charge on any atom is -0.542 e. The van der Waals surface area contributed by atoms with Crippen molar-refractivity contribution in [2.45, 2.75) is 26.1 Å². The highest BCUT2D eigenvalue weighted by atomic mass is 32.2. The minimum absolute atomic E-state index is 0.0218. The van der Waals surface area contributed by atoms with Gasteiger partial charge in [-0.15, -0.1) is 0 Å². The number of alkyl halides is 3. The zero-order valence-electron chi connectivity index (χ0n) is 14.2. The van der Waals surface area contributed by atoms with Crippen LogP contribution in [0.5, 0.6) is 0 Å². The summed E-state index contributed by atoms with van der Waals surface area (Å²) >= 11 is 0. The Hall–Kier alpha value is -2.57. The van der Waals surface area contributed by atoms with Gasteiger partial charge >= 0.3 is 12.1 Å². The molecule has 1 amide bonds. The number of amides is 1. The van der Waals surface area contributed by atoms with Crippen LogP contribution in [0.4, 0.5) is 13.2 Å². The lowest BCUT2D eigenvalue weighted by atomic mass is 10.3. The van der Waals surface area contributed by atoms with E-state index in [1.807, 2.05) is 6.92 Å². The third-order valence-electron chi connectivity index (χ3n) is 2.76. The normalized spacial score (nSPS) is 11.7. The third kappa shape index (κ3) is 11.6. The molecule has 0 saturated carbocycles. The van der Waals surface area contributed by atoms with E-state index in [9.17, 15) is 27.0 Å². The quantitative estimate of drug-likeness (QED) is 0.502. The van der Waals surface area contributed by atoms with Gasteiger partial charge in [-0.05, 0) is 5.10 Å². The number of carboxylic acid groups (broad SMARTS) is 2. The van der Waals surface area contributed by atoms with Crippen molar-refractivity contribution in [1.29, 1.82) is 0 Å². The van der Waals surface area contributed by atoms with E-state index in [0.29, 0.717) is 23.6 Å². The molecule has 0 bridgehead atoms. The molecule has 0 spiro atoms. The van der Waals surface area contributed by atoms with Crippen molar-refractivity contribution in [2.75, 3.05) is 18.1 Å². The summed E-state index contributed by atoms with van der Waals surface area (Å²) in [5.74, 6) is -3.18.